The second-order valence-corrected chi connectivity index (χ2v) is 19.0. The Bertz CT molecular complexity index is 3970. The number of aryl methyl sites for hydroxylation is 1. The molecule has 8 bridgehead atoms. The zero-order chi connectivity index (χ0) is 48.7. The van der Waals surface area contributed by atoms with Crippen LogP contribution in [0.5, 0.6) is 5.75 Å². The molecule has 0 radical (unpaired) electrons. The average molecular weight is 1070 g/mol. The van der Waals surface area contributed by atoms with Gasteiger partial charge in [0.15, 0.2) is 6.54 Å². The number of ether oxygens (including phenoxy) is 1. The predicted molar refractivity (Wildman–Crippen MR) is 294 cm³/mol. The molecule has 0 atom stereocenters. The number of rotatable bonds is 11. The third-order valence-corrected chi connectivity index (χ3v) is 14.0. The third-order valence-electron chi connectivity index (χ3n) is 14.0. The van der Waals surface area contributed by atoms with Gasteiger partial charge >= 0.3 is 0 Å². The van der Waals surface area contributed by atoms with Crippen molar-refractivity contribution in [3.8, 4) is 5.75 Å². The lowest BCUT2D eigenvalue weighted by atomic mass is 10.0. The first-order valence-electron chi connectivity index (χ1n) is 24.7. The van der Waals surface area contributed by atoms with Gasteiger partial charge in [0.1, 0.15) is 5.75 Å². The van der Waals surface area contributed by atoms with Crippen molar-refractivity contribution in [3.63, 3.8) is 0 Å². The summed E-state index contributed by atoms with van der Waals surface area (Å²) in [6, 6.07) is 73.9. The number of fused-ring (bicyclic) bond motifs is 10. The SMILES string of the molecule is CN(C)c1ccc2cc3ccc(N(C)C)cc3[n+](CCCOc3ccc(C4=c5ccc([nH]5)=C(c5ccccc5)c5ccc([nH]5)C(c5ccccc5)=c5ccc([nH]5)=C(c5ccccc5)c5ccc4[nH]5)cc3)c2c1.[I-]. The maximum Gasteiger partial charge on any atom is 0.215 e. The normalized spacial score (nSPS) is 12.3. The van der Waals surface area contributed by atoms with E-state index in [4.69, 9.17) is 4.74 Å². The van der Waals surface area contributed by atoms with Crippen LogP contribution in [0.25, 0.3) is 44.1 Å². The van der Waals surface area contributed by atoms with Crippen LogP contribution in [0.1, 0.15) is 51.5 Å². The molecule has 0 aliphatic carbocycles. The molecule has 0 saturated heterocycles. The van der Waals surface area contributed by atoms with Gasteiger partial charge in [-0.15, -0.1) is 0 Å². The van der Waals surface area contributed by atoms with Crippen LogP contribution in [0.15, 0.2) is 206 Å². The number of benzene rings is 6. The molecule has 6 heterocycles. The van der Waals surface area contributed by atoms with Crippen molar-refractivity contribution in [2.45, 2.75) is 13.0 Å². The zero-order valence-corrected chi connectivity index (χ0v) is 43.5. The quantitative estimate of drug-likeness (QED) is 0.0518. The number of halogens is 1. The van der Waals surface area contributed by atoms with Crippen molar-refractivity contribution in [2.75, 3.05) is 44.6 Å². The Morgan fingerprint density at radius 3 is 1.12 bits per heavy atom. The number of anilines is 2. The van der Waals surface area contributed by atoms with Crippen LogP contribution in [-0.4, -0.2) is 54.7 Å². The molecular weight excluding hydrogens is 1010 g/mol. The van der Waals surface area contributed by atoms with E-state index in [1.165, 1.54) is 33.2 Å². The lowest BCUT2D eigenvalue weighted by Crippen LogP contribution is -3.00. The number of aromatic nitrogens is 5. The van der Waals surface area contributed by atoms with Gasteiger partial charge < -0.3 is 58.4 Å². The first-order valence-corrected chi connectivity index (χ1v) is 24.7. The molecular formula is C64H56IN7O. The number of pyridine rings is 1. The molecule has 0 amide bonds. The number of aromatic amines is 4. The molecule has 9 heteroatoms. The highest BCUT2D eigenvalue weighted by Crippen LogP contribution is 2.30. The standard InChI is InChI=1S/C64H56N7O.HI/c1-69(2)48-25-21-46-39-47-22-26-49(70(3)4)41-60(47)71(59(46)40-48)37-14-38-72-50-27-23-45(24-28-50)64-57-35-33-55(67-57)62(43-17-10-6-11-18-43)53-31-29-51(65-53)61(42-15-8-5-9-16-42)52-30-32-54(66-52)63(44-19-12-7-13-20-44)56-34-36-58(64)68-56;/h5-13,15-36,39-41,65-68H,14,37-38H2,1-4H3;1H/q+1;/p-1. The molecule has 12 rings (SSSR count). The summed E-state index contributed by atoms with van der Waals surface area (Å²) in [6.07, 6.45) is 0.837. The Balaban J connectivity index is 0.00000574. The van der Waals surface area contributed by atoms with E-state index in [1.807, 2.05) is 0 Å². The van der Waals surface area contributed by atoms with E-state index in [0.717, 1.165) is 107 Å². The summed E-state index contributed by atoms with van der Waals surface area (Å²) in [6.45, 7) is 1.38. The van der Waals surface area contributed by atoms with Gasteiger partial charge in [0, 0.05) is 135 Å². The number of nitrogens with one attached hydrogen (secondary N) is 4. The van der Waals surface area contributed by atoms with Crippen molar-refractivity contribution < 1.29 is 33.3 Å². The first-order chi connectivity index (χ1) is 35.3. The molecule has 0 unspecified atom stereocenters. The lowest BCUT2D eigenvalue weighted by Gasteiger charge is -2.15. The molecule has 0 fully saturated rings. The summed E-state index contributed by atoms with van der Waals surface area (Å²) < 4.78 is 9.02. The molecule has 5 aromatic heterocycles. The molecule has 0 saturated carbocycles. The van der Waals surface area contributed by atoms with E-state index in [9.17, 15) is 0 Å². The Hall–Kier alpha value is -8.28. The van der Waals surface area contributed by atoms with Gasteiger partial charge in [-0.3, -0.25) is 0 Å². The molecule has 8 nitrogen and oxygen atoms in total. The summed E-state index contributed by atoms with van der Waals surface area (Å²) in [5, 5.41) is 6.49. The number of nitrogens with zero attached hydrogens (tertiary/aromatic N) is 3. The molecule has 0 spiro atoms. The summed E-state index contributed by atoms with van der Waals surface area (Å²) >= 11 is 0. The number of hydrogen-bond acceptors (Lipinski definition) is 3. The fraction of sp³-hybridized carbons (Fsp3) is 0.109. The minimum absolute atomic E-state index is 0. The van der Waals surface area contributed by atoms with Gasteiger partial charge in [-0.1, -0.05) is 103 Å². The minimum atomic E-state index is 0. The average Bonchev–Trinajstić information content (AvgIpc) is 4.27. The summed E-state index contributed by atoms with van der Waals surface area (Å²) in [5.74, 6) is 0.834. The van der Waals surface area contributed by atoms with Crippen LogP contribution in [0.2, 0.25) is 0 Å². The Labute approximate surface area is 442 Å². The van der Waals surface area contributed by atoms with E-state index in [-0.39, 0.29) is 24.0 Å². The number of H-pyrrole nitrogens is 4. The monoisotopic (exact) mass is 1070 g/mol. The van der Waals surface area contributed by atoms with E-state index in [1.54, 1.807) is 0 Å². The van der Waals surface area contributed by atoms with Gasteiger partial charge in [0.25, 0.3) is 0 Å². The predicted octanol–water partition coefficient (Wildman–Crippen LogP) is 6.50. The van der Waals surface area contributed by atoms with Crippen molar-refractivity contribution in [1.29, 1.82) is 0 Å². The maximum atomic E-state index is 6.55. The van der Waals surface area contributed by atoms with Gasteiger partial charge in [-0.05, 0) is 113 Å². The molecule has 1 aliphatic heterocycles. The Kier molecular flexibility index (Phi) is 12.9. The summed E-state index contributed by atoms with van der Waals surface area (Å²) in [7, 11) is 8.39. The Morgan fingerprint density at radius 2 is 0.753 bits per heavy atom. The zero-order valence-electron chi connectivity index (χ0n) is 41.4. The fourth-order valence-corrected chi connectivity index (χ4v) is 10.4. The topological polar surface area (TPSA) is 82.8 Å². The molecule has 6 aromatic carbocycles. The molecule has 360 valence electrons. The highest BCUT2D eigenvalue weighted by Gasteiger charge is 2.20. The first kappa shape index (κ1) is 47.1. The molecule has 1 aliphatic rings. The number of hydrogen-bond donors (Lipinski definition) is 4. The van der Waals surface area contributed by atoms with Crippen LogP contribution >= 0.6 is 0 Å². The van der Waals surface area contributed by atoms with E-state index >= 15 is 0 Å². The lowest BCUT2D eigenvalue weighted by molar-refractivity contribution is -0.645. The highest BCUT2D eigenvalue weighted by atomic mass is 127. The van der Waals surface area contributed by atoms with E-state index in [0.29, 0.717) is 6.61 Å². The van der Waals surface area contributed by atoms with Gasteiger partial charge in [0.05, 0.1) is 6.61 Å². The van der Waals surface area contributed by atoms with Crippen LogP contribution in [0.4, 0.5) is 11.4 Å². The third kappa shape index (κ3) is 9.17. The highest BCUT2D eigenvalue weighted by molar-refractivity contribution is 5.92. The van der Waals surface area contributed by atoms with Gasteiger partial charge in [-0.25, -0.2) is 0 Å². The molecule has 73 heavy (non-hydrogen) atoms. The van der Waals surface area contributed by atoms with Gasteiger partial charge in [0.2, 0.25) is 11.0 Å². The smallest absolute Gasteiger partial charge is 0.215 e. The largest absolute Gasteiger partial charge is 1.00 e. The summed E-state index contributed by atoms with van der Waals surface area (Å²) in [4.78, 5) is 20.0. The van der Waals surface area contributed by atoms with Crippen molar-refractivity contribution in [1.82, 2.24) is 19.9 Å². The maximum absolute atomic E-state index is 6.55. The van der Waals surface area contributed by atoms with Crippen LogP contribution in [0.3, 0.4) is 0 Å². The van der Waals surface area contributed by atoms with Gasteiger partial charge in [-0.2, -0.15) is 4.57 Å². The van der Waals surface area contributed by atoms with Crippen molar-refractivity contribution in [2.24, 2.45) is 0 Å². The van der Waals surface area contributed by atoms with Crippen LogP contribution in [0, 0.1) is 0 Å². The summed E-state index contributed by atoms with van der Waals surface area (Å²) in [5.41, 5.74) is 17.5. The molecule has 4 N–H and O–H groups in total. The Morgan fingerprint density at radius 1 is 0.384 bits per heavy atom. The van der Waals surface area contributed by atoms with Crippen LogP contribution < -0.4 is 64.5 Å². The molecule has 11 aromatic rings. The van der Waals surface area contributed by atoms with Crippen LogP contribution in [-0.2, 0) is 6.54 Å². The second kappa shape index (κ2) is 20.1. The second-order valence-electron chi connectivity index (χ2n) is 19.0. The van der Waals surface area contributed by atoms with Crippen molar-refractivity contribution >= 4 is 55.5 Å². The van der Waals surface area contributed by atoms with E-state index in [2.05, 4.69) is 269 Å². The van der Waals surface area contributed by atoms with E-state index < -0.39 is 0 Å². The fourth-order valence-electron chi connectivity index (χ4n) is 10.4. The van der Waals surface area contributed by atoms with Crippen molar-refractivity contribution in [3.05, 3.63) is 273 Å². The minimum Gasteiger partial charge on any atom is -1.00 e.